The van der Waals surface area contributed by atoms with Crippen molar-refractivity contribution in [1.82, 2.24) is 0 Å². The van der Waals surface area contributed by atoms with Crippen molar-refractivity contribution < 1.29 is 18.4 Å². The summed E-state index contributed by atoms with van der Waals surface area (Å²) in [4.78, 5) is 10.7. The Kier molecular flexibility index (Phi) is 6.43. The van der Waals surface area contributed by atoms with Crippen LogP contribution >= 0.6 is 0 Å². The molecule has 14 heavy (non-hydrogen) atoms. The largest absolute Gasteiger partial charge is 0.463 e. The van der Waals surface area contributed by atoms with Crippen molar-refractivity contribution in [3.8, 4) is 0 Å². The van der Waals surface area contributed by atoms with Crippen LogP contribution in [0.4, 0.5) is 0 Å². The van der Waals surface area contributed by atoms with Crippen LogP contribution in [0.25, 0.3) is 0 Å². The van der Waals surface area contributed by atoms with Gasteiger partial charge in [0.15, 0.2) is 0 Å². The predicted octanol–water partition coefficient (Wildman–Crippen LogP) is 1.47. The topological polar surface area (TPSA) is 44.8 Å². The number of hydrogen-bond donors (Lipinski definition) is 0. The van der Waals surface area contributed by atoms with Crippen molar-refractivity contribution in [3.05, 3.63) is 12.7 Å². The molecule has 0 heterocycles. The van der Waals surface area contributed by atoms with Crippen LogP contribution in [-0.2, 0) is 18.4 Å². The fourth-order valence-corrected chi connectivity index (χ4v) is 2.48. The van der Waals surface area contributed by atoms with Crippen molar-refractivity contribution in [2.45, 2.75) is 19.5 Å². The number of carbonyl (C=O) groups is 1. The van der Waals surface area contributed by atoms with Crippen LogP contribution in [0.15, 0.2) is 12.7 Å². The van der Waals surface area contributed by atoms with E-state index in [0.717, 1.165) is 6.08 Å². The zero-order valence-electron chi connectivity index (χ0n) is 9.04. The van der Waals surface area contributed by atoms with Gasteiger partial charge in [-0.25, -0.2) is 4.79 Å². The van der Waals surface area contributed by atoms with Crippen LogP contribution in [0.5, 0.6) is 0 Å². The van der Waals surface area contributed by atoms with Gasteiger partial charge in [-0.1, -0.05) is 6.58 Å². The minimum Gasteiger partial charge on any atom is -0.463 e. The first kappa shape index (κ1) is 13.3. The highest BCUT2D eigenvalue weighted by Crippen LogP contribution is 2.12. The minimum atomic E-state index is -2.11. The Labute approximate surface area is 86.1 Å². The highest BCUT2D eigenvalue weighted by atomic mass is 28.4. The minimum absolute atomic E-state index is 0.321. The van der Waals surface area contributed by atoms with E-state index in [4.69, 9.17) is 13.6 Å². The highest BCUT2D eigenvalue weighted by molar-refractivity contribution is 6.66. The van der Waals surface area contributed by atoms with Gasteiger partial charge in [-0.15, -0.1) is 0 Å². The maximum atomic E-state index is 10.7. The molecule has 0 aromatic carbocycles. The van der Waals surface area contributed by atoms with E-state index in [2.05, 4.69) is 6.58 Å². The molecule has 0 radical (unpaired) electrons. The van der Waals surface area contributed by atoms with Crippen molar-refractivity contribution in [2.75, 3.05) is 20.3 Å². The van der Waals surface area contributed by atoms with E-state index in [1.807, 2.05) is 13.5 Å². The third-order valence-electron chi connectivity index (χ3n) is 1.85. The number of rotatable bonds is 7. The van der Waals surface area contributed by atoms with Crippen LogP contribution in [0.1, 0.15) is 6.92 Å². The van der Waals surface area contributed by atoms with Gasteiger partial charge >= 0.3 is 14.5 Å². The fraction of sp³-hybridized carbons (Fsp3) is 0.667. The molecule has 0 saturated heterocycles. The van der Waals surface area contributed by atoms with Crippen molar-refractivity contribution in [2.24, 2.45) is 0 Å². The fourth-order valence-electron chi connectivity index (χ4n) is 0.934. The molecule has 0 aromatic heterocycles. The molecule has 0 amide bonds. The van der Waals surface area contributed by atoms with Gasteiger partial charge in [0.1, 0.15) is 0 Å². The average Bonchev–Trinajstić information content (AvgIpc) is 2.18. The van der Waals surface area contributed by atoms with Crippen molar-refractivity contribution in [3.63, 3.8) is 0 Å². The number of carbonyl (C=O) groups excluding carboxylic acids is 1. The van der Waals surface area contributed by atoms with E-state index in [1.54, 1.807) is 7.11 Å². The monoisotopic (exact) mass is 218 g/mol. The summed E-state index contributed by atoms with van der Waals surface area (Å²) >= 11 is 0. The quantitative estimate of drug-likeness (QED) is 0.369. The maximum Gasteiger partial charge on any atom is 0.338 e. The van der Waals surface area contributed by atoms with Crippen LogP contribution in [-0.4, -0.2) is 34.9 Å². The molecule has 0 bridgehead atoms. The van der Waals surface area contributed by atoms with Gasteiger partial charge < -0.3 is 13.6 Å². The van der Waals surface area contributed by atoms with Crippen LogP contribution in [0, 0.1) is 0 Å². The number of hydrogen-bond acceptors (Lipinski definition) is 4. The SMILES string of the molecule is C=CC(=O)OCC[Si](C)(OC)OCC. The Morgan fingerprint density at radius 2 is 2.21 bits per heavy atom. The molecule has 4 nitrogen and oxygen atoms in total. The molecule has 1 unspecified atom stereocenters. The van der Waals surface area contributed by atoms with E-state index in [-0.39, 0.29) is 0 Å². The first-order valence-electron chi connectivity index (χ1n) is 4.56. The standard InChI is InChI=1S/C9H18O4Si/c1-5-9(10)12-7-8-14(4,11-3)13-6-2/h5H,1,6-8H2,2-4H3. The molecule has 0 spiro atoms. The molecule has 0 aliphatic heterocycles. The highest BCUT2D eigenvalue weighted by Gasteiger charge is 2.29. The summed E-state index contributed by atoms with van der Waals surface area (Å²) in [5.41, 5.74) is 0. The third-order valence-corrected chi connectivity index (χ3v) is 4.72. The summed E-state index contributed by atoms with van der Waals surface area (Å²) in [6.45, 7) is 8.10. The second-order valence-corrected chi connectivity index (χ2v) is 6.36. The van der Waals surface area contributed by atoms with Crippen molar-refractivity contribution >= 4 is 14.5 Å². The van der Waals surface area contributed by atoms with E-state index >= 15 is 0 Å². The number of esters is 1. The summed E-state index contributed by atoms with van der Waals surface area (Å²) in [5, 5.41) is 0. The van der Waals surface area contributed by atoms with Gasteiger partial charge in [-0.05, 0) is 13.5 Å². The van der Waals surface area contributed by atoms with Gasteiger partial charge in [-0.3, -0.25) is 0 Å². The van der Waals surface area contributed by atoms with Gasteiger partial charge in [0.2, 0.25) is 0 Å². The van der Waals surface area contributed by atoms with E-state index in [0.29, 0.717) is 19.3 Å². The summed E-state index contributed by atoms with van der Waals surface area (Å²) in [6.07, 6.45) is 1.15. The zero-order valence-corrected chi connectivity index (χ0v) is 10.0. The molecule has 0 aromatic rings. The van der Waals surface area contributed by atoms with E-state index in [9.17, 15) is 4.79 Å². The van der Waals surface area contributed by atoms with E-state index in [1.165, 1.54) is 0 Å². The Morgan fingerprint density at radius 1 is 1.57 bits per heavy atom. The second-order valence-electron chi connectivity index (χ2n) is 2.89. The van der Waals surface area contributed by atoms with Gasteiger partial charge in [0.25, 0.3) is 0 Å². The van der Waals surface area contributed by atoms with Gasteiger partial charge in [-0.2, -0.15) is 0 Å². The maximum absolute atomic E-state index is 10.7. The molecule has 0 saturated carbocycles. The van der Waals surface area contributed by atoms with Crippen molar-refractivity contribution in [1.29, 1.82) is 0 Å². The molecule has 0 aliphatic carbocycles. The lowest BCUT2D eigenvalue weighted by atomic mass is 10.6. The predicted molar refractivity (Wildman–Crippen MR) is 56.2 cm³/mol. The lowest BCUT2D eigenvalue weighted by Crippen LogP contribution is -2.38. The first-order valence-corrected chi connectivity index (χ1v) is 7.08. The first-order chi connectivity index (χ1) is 6.58. The second kappa shape index (κ2) is 6.75. The zero-order chi connectivity index (χ0) is 11.0. The average molecular weight is 218 g/mol. The Balaban J connectivity index is 3.82. The Morgan fingerprint density at radius 3 is 2.64 bits per heavy atom. The van der Waals surface area contributed by atoms with Crippen LogP contribution in [0.3, 0.4) is 0 Å². The molecule has 82 valence electrons. The molecular formula is C9H18O4Si. The molecular weight excluding hydrogens is 200 g/mol. The molecule has 0 aliphatic rings. The summed E-state index contributed by atoms with van der Waals surface area (Å²) in [5.74, 6) is -0.408. The number of ether oxygens (including phenoxy) is 1. The molecule has 0 rings (SSSR count). The van der Waals surface area contributed by atoms with E-state index < -0.39 is 14.5 Å². The molecule has 5 heteroatoms. The summed E-state index contributed by atoms with van der Waals surface area (Å²) in [7, 11) is -0.492. The lowest BCUT2D eigenvalue weighted by molar-refractivity contribution is -0.137. The Bertz CT molecular complexity index is 195. The van der Waals surface area contributed by atoms with Crippen LogP contribution < -0.4 is 0 Å². The molecule has 0 N–H and O–H groups in total. The summed E-state index contributed by atoms with van der Waals surface area (Å²) < 4.78 is 15.6. The molecule has 0 fully saturated rings. The molecule has 1 atom stereocenters. The summed E-state index contributed by atoms with van der Waals surface area (Å²) in [6, 6.07) is 0.636. The smallest absolute Gasteiger partial charge is 0.338 e. The van der Waals surface area contributed by atoms with Gasteiger partial charge in [0, 0.05) is 25.8 Å². The Hall–Kier alpha value is -0.653. The third kappa shape index (κ3) is 5.16. The van der Waals surface area contributed by atoms with Gasteiger partial charge in [0.05, 0.1) is 6.61 Å². The normalized spacial score (nSPS) is 14.5. The van der Waals surface area contributed by atoms with Crippen LogP contribution in [0.2, 0.25) is 12.6 Å². The lowest BCUT2D eigenvalue weighted by Gasteiger charge is -2.23.